The topological polar surface area (TPSA) is 28.7 Å². The van der Waals surface area contributed by atoms with Gasteiger partial charge in [-0.1, -0.05) is 6.07 Å². The van der Waals surface area contributed by atoms with E-state index in [1.165, 1.54) is 0 Å². The molecule has 0 aliphatic heterocycles. The maximum Gasteiger partial charge on any atom is 0.174 e. The zero-order chi connectivity index (χ0) is 6.10. The Morgan fingerprint density at radius 2 is 2.56 bits per heavy atom. The van der Waals surface area contributed by atoms with Crippen molar-refractivity contribution in [3.05, 3.63) is 30.6 Å². The van der Waals surface area contributed by atoms with E-state index in [1.807, 2.05) is 6.07 Å². The number of H-pyrrole nitrogens is 1. The van der Waals surface area contributed by atoms with Crippen molar-refractivity contribution in [3.8, 4) is 0 Å². The molecule has 0 atom stereocenters. The first kappa shape index (κ1) is 4.56. The van der Waals surface area contributed by atoms with Crippen molar-refractivity contribution >= 4 is 11.0 Å². The molecule has 1 heterocycles. The molecule has 0 unspecified atom stereocenters. The highest BCUT2D eigenvalue weighted by atomic mass is 14.9. The van der Waals surface area contributed by atoms with Gasteiger partial charge in [-0.2, -0.15) is 0 Å². The molecule has 2 aromatic rings. The summed E-state index contributed by atoms with van der Waals surface area (Å²) in [7, 11) is 0. The number of rotatable bonds is 0. The molecule has 1 N–H and O–H groups in total. The molecule has 9 heavy (non-hydrogen) atoms. The summed E-state index contributed by atoms with van der Waals surface area (Å²) in [4.78, 5) is 6.68. The Kier molecular flexibility index (Phi) is 0.803. The second-order valence-corrected chi connectivity index (χ2v) is 1.71. The monoisotopic (exact) mass is 115 g/mol. The van der Waals surface area contributed by atoms with E-state index in [-0.39, 0.29) is 0 Å². The third kappa shape index (κ3) is 0.598. The van der Waals surface area contributed by atoms with Gasteiger partial charge >= 0.3 is 0 Å². The van der Waals surface area contributed by atoms with Crippen molar-refractivity contribution in [2.24, 2.45) is 0 Å². The predicted molar refractivity (Wildman–Crippen MR) is 32.6 cm³/mol. The van der Waals surface area contributed by atoms with Gasteiger partial charge in [0.15, 0.2) is 6.33 Å². The van der Waals surface area contributed by atoms with Gasteiger partial charge in [0, 0.05) is 6.07 Å². The molecule has 0 bridgehead atoms. The van der Waals surface area contributed by atoms with E-state index < -0.39 is 0 Å². The number of imidazole rings is 1. The lowest BCUT2D eigenvalue weighted by Crippen LogP contribution is -1.65. The maximum absolute atomic E-state index is 3.85. The zero-order valence-corrected chi connectivity index (χ0v) is 4.60. The molecule has 0 saturated heterocycles. The van der Waals surface area contributed by atoms with Gasteiger partial charge in [0.25, 0.3) is 0 Å². The summed E-state index contributed by atoms with van der Waals surface area (Å²) in [6.07, 6.45) is 2.61. The minimum atomic E-state index is 0.789. The molecule has 0 spiro atoms. The highest BCUT2D eigenvalue weighted by Gasteiger charge is 1.90. The van der Waals surface area contributed by atoms with Crippen LogP contribution in [0.3, 0.4) is 0 Å². The predicted octanol–water partition coefficient (Wildman–Crippen LogP) is 0.963. The van der Waals surface area contributed by atoms with Crippen molar-refractivity contribution in [2.75, 3.05) is 0 Å². The first-order valence-corrected chi connectivity index (χ1v) is 2.61. The lowest BCUT2D eigenvalue weighted by Gasteiger charge is -1.79. The molecule has 2 nitrogen and oxygen atoms in total. The van der Waals surface area contributed by atoms with Crippen LogP contribution in [0.25, 0.3) is 11.0 Å². The molecule has 0 saturated carbocycles. The molecule has 0 fully saturated rings. The number of nitrogens with one attached hydrogen (secondary N) is 1. The third-order valence-corrected chi connectivity index (χ3v) is 1.14. The average Bonchev–Trinajstić information content (AvgIpc) is 2.33. The van der Waals surface area contributed by atoms with E-state index >= 15 is 0 Å². The summed E-state index contributed by atoms with van der Waals surface area (Å²) < 4.78 is 0. The number of aromatic nitrogens is 2. The van der Waals surface area contributed by atoms with Crippen LogP contribution < -0.4 is 0 Å². The van der Waals surface area contributed by atoms with E-state index in [1.54, 1.807) is 6.07 Å². The number of nitrogens with zero attached hydrogens (tertiary/aromatic N) is 1. The summed E-state index contributed by atoms with van der Waals surface area (Å²) in [6, 6.07) is 9.30. The number of hydrogen-bond acceptors (Lipinski definition) is 1. The fraction of sp³-hybridized carbons (Fsp3) is 0. The Labute approximate surface area is 52.5 Å². The standard InChI is InChI=1S/C7H3N2/c1-2-4-7-6(3-1)8-5-9-7/h1,3H,(H,8,9). The highest BCUT2D eigenvalue weighted by molar-refractivity contribution is 5.72. The van der Waals surface area contributed by atoms with Gasteiger partial charge in [0.1, 0.15) is 0 Å². The maximum atomic E-state index is 3.85. The molecule has 2 heteroatoms. The second kappa shape index (κ2) is 1.58. The highest BCUT2D eigenvalue weighted by Crippen LogP contribution is 2.03. The summed E-state index contributed by atoms with van der Waals surface area (Å²) in [5, 5.41) is 0. The Bertz CT molecular complexity index is 281. The normalized spacial score (nSPS) is 10.2. The van der Waals surface area contributed by atoms with Crippen molar-refractivity contribution in [1.82, 2.24) is 9.97 Å². The van der Waals surface area contributed by atoms with Crippen LogP contribution in [-0.2, 0) is 0 Å². The largest absolute Gasteiger partial charge is 0.335 e. The van der Waals surface area contributed by atoms with Crippen LogP contribution in [0.2, 0.25) is 0 Å². The van der Waals surface area contributed by atoms with Gasteiger partial charge in [-0.05, 0) is 12.1 Å². The van der Waals surface area contributed by atoms with Crippen LogP contribution in [0.5, 0.6) is 0 Å². The van der Waals surface area contributed by atoms with Crippen LogP contribution in [0.15, 0.2) is 12.1 Å². The molecular formula is C7H3N2. The SMILES string of the molecule is [c]1[c]c2n[c][nH]c2cc1. The van der Waals surface area contributed by atoms with Crippen LogP contribution in [0.1, 0.15) is 0 Å². The van der Waals surface area contributed by atoms with Crippen LogP contribution in [0.4, 0.5) is 0 Å². The summed E-state index contributed by atoms with van der Waals surface area (Å²) in [5.74, 6) is 0. The minimum absolute atomic E-state index is 0.789. The number of hydrogen-bond donors (Lipinski definition) is 1. The number of aromatic amines is 1. The molecule has 2 rings (SSSR count). The first-order chi connectivity index (χ1) is 4.47. The molecule has 3 radical (unpaired) electrons. The molecular weight excluding hydrogens is 112 g/mol. The summed E-state index contributed by atoms with van der Waals surface area (Å²) in [5.41, 5.74) is 1.74. The van der Waals surface area contributed by atoms with Gasteiger partial charge in [-0.25, -0.2) is 4.98 Å². The van der Waals surface area contributed by atoms with Crippen molar-refractivity contribution in [3.63, 3.8) is 0 Å². The van der Waals surface area contributed by atoms with Gasteiger partial charge in [0.2, 0.25) is 0 Å². The van der Waals surface area contributed by atoms with E-state index in [0.717, 1.165) is 11.0 Å². The Hall–Kier alpha value is -1.31. The van der Waals surface area contributed by atoms with E-state index in [2.05, 4.69) is 28.4 Å². The fourth-order valence-corrected chi connectivity index (χ4v) is 0.714. The third-order valence-electron chi connectivity index (χ3n) is 1.14. The quantitative estimate of drug-likeness (QED) is 0.544. The molecule has 41 valence electrons. The smallest absolute Gasteiger partial charge is 0.174 e. The van der Waals surface area contributed by atoms with Crippen LogP contribution in [0, 0.1) is 18.5 Å². The second-order valence-electron chi connectivity index (χ2n) is 1.71. The lowest BCUT2D eigenvalue weighted by atomic mass is 10.3. The average molecular weight is 115 g/mol. The van der Waals surface area contributed by atoms with Gasteiger partial charge in [-0.15, -0.1) is 0 Å². The first-order valence-electron chi connectivity index (χ1n) is 2.61. The molecule has 0 amide bonds. The Balaban J connectivity index is 2.95. The van der Waals surface area contributed by atoms with Crippen molar-refractivity contribution in [1.29, 1.82) is 0 Å². The van der Waals surface area contributed by atoms with E-state index in [9.17, 15) is 0 Å². The summed E-state index contributed by atoms with van der Waals surface area (Å²) >= 11 is 0. The van der Waals surface area contributed by atoms with Gasteiger partial charge in [0.05, 0.1) is 11.0 Å². The molecule has 0 aliphatic rings. The van der Waals surface area contributed by atoms with Crippen LogP contribution >= 0.6 is 0 Å². The summed E-state index contributed by atoms with van der Waals surface area (Å²) in [6.45, 7) is 0. The van der Waals surface area contributed by atoms with Gasteiger partial charge in [-0.3, -0.25) is 0 Å². The Morgan fingerprint density at radius 3 is 3.44 bits per heavy atom. The van der Waals surface area contributed by atoms with E-state index in [0.29, 0.717) is 0 Å². The number of benzene rings is 1. The zero-order valence-electron chi connectivity index (χ0n) is 4.60. The van der Waals surface area contributed by atoms with Crippen molar-refractivity contribution < 1.29 is 0 Å². The number of fused-ring (bicyclic) bond motifs is 1. The van der Waals surface area contributed by atoms with Gasteiger partial charge < -0.3 is 4.98 Å². The minimum Gasteiger partial charge on any atom is -0.335 e. The Morgan fingerprint density at radius 1 is 1.56 bits per heavy atom. The van der Waals surface area contributed by atoms with Crippen molar-refractivity contribution in [2.45, 2.75) is 0 Å². The van der Waals surface area contributed by atoms with Crippen LogP contribution in [-0.4, -0.2) is 9.97 Å². The lowest BCUT2D eigenvalue weighted by molar-refractivity contribution is 1.32. The van der Waals surface area contributed by atoms with E-state index in [4.69, 9.17) is 0 Å². The molecule has 0 aliphatic carbocycles. The molecule has 1 aromatic carbocycles. The fourth-order valence-electron chi connectivity index (χ4n) is 0.714. The molecule has 1 aromatic heterocycles.